The molecule has 3 rings (SSSR count). The fourth-order valence-corrected chi connectivity index (χ4v) is 2.72. The number of nitrogens with zero attached hydrogens (tertiary/aromatic N) is 2. The highest BCUT2D eigenvalue weighted by Crippen LogP contribution is 2.32. The third-order valence-corrected chi connectivity index (χ3v) is 3.78. The van der Waals surface area contributed by atoms with E-state index in [1.54, 1.807) is 0 Å². The van der Waals surface area contributed by atoms with Gasteiger partial charge >= 0.3 is 0 Å². The van der Waals surface area contributed by atoms with Gasteiger partial charge in [-0.05, 0) is 24.8 Å². The SMILES string of the molecule is Cn1nc(C(O)C2CCOCC2)c2ccccc21. The van der Waals surface area contributed by atoms with E-state index in [2.05, 4.69) is 5.10 Å². The smallest absolute Gasteiger partial charge is 0.101 e. The molecule has 0 spiro atoms. The lowest BCUT2D eigenvalue weighted by Gasteiger charge is -2.25. The lowest BCUT2D eigenvalue weighted by Crippen LogP contribution is -2.22. The number of ether oxygens (including phenoxy) is 1. The molecule has 1 fully saturated rings. The summed E-state index contributed by atoms with van der Waals surface area (Å²) >= 11 is 0. The molecule has 0 saturated carbocycles. The van der Waals surface area contributed by atoms with Gasteiger partial charge < -0.3 is 9.84 Å². The van der Waals surface area contributed by atoms with Crippen LogP contribution in [0.3, 0.4) is 0 Å². The second kappa shape index (κ2) is 4.71. The number of fused-ring (bicyclic) bond motifs is 1. The zero-order chi connectivity index (χ0) is 12.5. The van der Waals surface area contributed by atoms with E-state index in [0.29, 0.717) is 0 Å². The summed E-state index contributed by atoms with van der Waals surface area (Å²) in [4.78, 5) is 0. The first kappa shape index (κ1) is 11.7. The van der Waals surface area contributed by atoms with E-state index >= 15 is 0 Å². The van der Waals surface area contributed by atoms with Gasteiger partial charge in [0.15, 0.2) is 0 Å². The average molecular weight is 246 g/mol. The molecule has 4 nitrogen and oxygen atoms in total. The van der Waals surface area contributed by atoms with Gasteiger partial charge in [0.1, 0.15) is 6.10 Å². The summed E-state index contributed by atoms with van der Waals surface area (Å²) in [6.07, 6.45) is 1.33. The van der Waals surface area contributed by atoms with E-state index in [1.165, 1.54) is 0 Å². The average Bonchev–Trinajstić information content (AvgIpc) is 2.77. The van der Waals surface area contributed by atoms with Crippen LogP contribution < -0.4 is 0 Å². The van der Waals surface area contributed by atoms with E-state index in [4.69, 9.17) is 4.74 Å². The molecule has 1 atom stereocenters. The Morgan fingerprint density at radius 3 is 2.83 bits per heavy atom. The van der Waals surface area contributed by atoms with Crippen LogP contribution in [0.2, 0.25) is 0 Å². The molecule has 0 radical (unpaired) electrons. The number of aliphatic hydroxyl groups is 1. The maximum Gasteiger partial charge on any atom is 0.101 e. The molecular formula is C14H18N2O2. The van der Waals surface area contributed by atoms with Gasteiger partial charge in [0.05, 0.1) is 11.2 Å². The van der Waals surface area contributed by atoms with Crippen LogP contribution >= 0.6 is 0 Å². The van der Waals surface area contributed by atoms with Gasteiger partial charge in [0, 0.05) is 25.6 Å². The highest BCUT2D eigenvalue weighted by molar-refractivity contribution is 5.82. The van der Waals surface area contributed by atoms with Crippen molar-refractivity contribution < 1.29 is 9.84 Å². The van der Waals surface area contributed by atoms with Gasteiger partial charge in [0.25, 0.3) is 0 Å². The van der Waals surface area contributed by atoms with E-state index in [1.807, 2.05) is 36.0 Å². The van der Waals surface area contributed by atoms with Crippen LogP contribution in [0.15, 0.2) is 24.3 Å². The molecule has 96 valence electrons. The van der Waals surface area contributed by atoms with Crippen LogP contribution in [-0.4, -0.2) is 28.1 Å². The largest absolute Gasteiger partial charge is 0.386 e. The zero-order valence-electron chi connectivity index (χ0n) is 10.5. The van der Waals surface area contributed by atoms with Crippen LogP contribution in [0.4, 0.5) is 0 Å². The lowest BCUT2D eigenvalue weighted by atomic mass is 9.91. The number of aromatic nitrogens is 2. The maximum absolute atomic E-state index is 10.5. The van der Waals surface area contributed by atoms with Crippen molar-refractivity contribution in [3.05, 3.63) is 30.0 Å². The second-order valence-electron chi connectivity index (χ2n) is 4.92. The number of para-hydroxylation sites is 1. The molecule has 0 aliphatic carbocycles. The van der Waals surface area contributed by atoms with E-state index in [0.717, 1.165) is 42.7 Å². The van der Waals surface area contributed by atoms with E-state index in [-0.39, 0.29) is 5.92 Å². The highest BCUT2D eigenvalue weighted by Gasteiger charge is 2.27. The quantitative estimate of drug-likeness (QED) is 0.882. The number of aliphatic hydroxyl groups excluding tert-OH is 1. The van der Waals surface area contributed by atoms with Gasteiger partial charge in [-0.1, -0.05) is 18.2 Å². The molecular weight excluding hydrogens is 228 g/mol. The van der Waals surface area contributed by atoms with Crippen molar-refractivity contribution in [2.45, 2.75) is 18.9 Å². The lowest BCUT2D eigenvalue weighted by molar-refractivity contribution is 0.00591. The molecule has 18 heavy (non-hydrogen) atoms. The van der Waals surface area contributed by atoms with Crippen LogP contribution in [0, 0.1) is 5.92 Å². The minimum Gasteiger partial charge on any atom is -0.386 e. The van der Waals surface area contributed by atoms with Crippen molar-refractivity contribution in [2.24, 2.45) is 13.0 Å². The fourth-order valence-electron chi connectivity index (χ4n) is 2.72. The number of benzene rings is 1. The first-order valence-corrected chi connectivity index (χ1v) is 6.45. The molecule has 4 heteroatoms. The molecule has 0 bridgehead atoms. The van der Waals surface area contributed by atoms with Crippen LogP contribution in [0.25, 0.3) is 10.9 Å². The Balaban J connectivity index is 1.98. The molecule has 0 amide bonds. The Hall–Kier alpha value is -1.39. The van der Waals surface area contributed by atoms with Gasteiger partial charge in [-0.2, -0.15) is 5.10 Å². The zero-order valence-corrected chi connectivity index (χ0v) is 10.5. The second-order valence-corrected chi connectivity index (χ2v) is 4.92. The van der Waals surface area contributed by atoms with Crippen molar-refractivity contribution in [3.63, 3.8) is 0 Å². The Labute approximate surface area is 106 Å². The minimum absolute atomic E-state index is 0.261. The first-order chi connectivity index (χ1) is 8.77. The standard InChI is InChI=1S/C14H18N2O2/c1-16-12-5-3-2-4-11(12)13(15-16)14(17)10-6-8-18-9-7-10/h2-5,10,14,17H,6-9H2,1H3. The fraction of sp³-hybridized carbons (Fsp3) is 0.500. The predicted octanol–water partition coefficient (Wildman–Crippen LogP) is 2.03. The van der Waals surface area contributed by atoms with Crippen LogP contribution in [-0.2, 0) is 11.8 Å². The van der Waals surface area contributed by atoms with Crippen molar-refractivity contribution in [1.29, 1.82) is 0 Å². The molecule has 2 aromatic rings. The van der Waals surface area contributed by atoms with Crippen molar-refractivity contribution in [2.75, 3.05) is 13.2 Å². The first-order valence-electron chi connectivity index (χ1n) is 6.45. The number of hydrogen-bond donors (Lipinski definition) is 1. The topological polar surface area (TPSA) is 47.3 Å². The normalized spacial score (nSPS) is 19.2. The summed E-state index contributed by atoms with van der Waals surface area (Å²) in [5.41, 5.74) is 1.87. The Kier molecular flexibility index (Phi) is 3.06. The number of aryl methyl sites for hydroxylation is 1. The summed E-state index contributed by atoms with van der Waals surface area (Å²) in [6.45, 7) is 1.49. The summed E-state index contributed by atoms with van der Waals surface area (Å²) in [5, 5.41) is 16.1. The van der Waals surface area contributed by atoms with Gasteiger partial charge in [-0.15, -0.1) is 0 Å². The van der Waals surface area contributed by atoms with Crippen molar-refractivity contribution >= 4 is 10.9 Å². The molecule has 2 heterocycles. The molecule has 1 aromatic heterocycles. The molecule has 1 saturated heterocycles. The van der Waals surface area contributed by atoms with Gasteiger partial charge in [-0.25, -0.2) is 0 Å². The minimum atomic E-state index is -0.486. The third kappa shape index (κ3) is 1.91. The molecule has 1 aliphatic rings. The molecule has 1 unspecified atom stereocenters. The monoisotopic (exact) mass is 246 g/mol. The summed E-state index contributed by atoms with van der Waals surface area (Å²) in [7, 11) is 1.92. The Morgan fingerprint density at radius 2 is 2.06 bits per heavy atom. The molecule has 1 aromatic carbocycles. The summed E-state index contributed by atoms with van der Waals surface area (Å²) in [6, 6.07) is 8.04. The van der Waals surface area contributed by atoms with Crippen LogP contribution in [0.5, 0.6) is 0 Å². The highest BCUT2D eigenvalue weighted by atomic mass is 16.5. The van der Waals surface area contributed by atoms with Gasteiger partial charge in [0.2, 0.25) is 0 Å². The number of hydrogen-bond acceptors (Lipinski definition) is 3. The van der Waals surface area contributed by atoms with Crippen molar-refractivity contribution in [3.8, 4) is 0 Å². The Bertz CT molecular complexity index is 544. The third-order valence-electron chi connectivity index (χ3n) is 3.78. The van der Waals surface area contributed by atoms with Crippen molar-refractivity contribution in [1.82, 2.24) is 9.78 Å². The molecule has 1 N–H and O–H groups in total. The predicted molar refractivity (Wildman–Crippen MR) is 69.2 cm³/mol. The maximum atomic E-state index is 10.5. The number of rotatable bonds is 2. The van der Waals surface area contributed by atoms with Gasteiger partial charge in [-0.3, -0.25) is 4.68 Å². The van der Waals surface area contributed by atoms with E-state index < -0.39 is 6.10 Å². The summed E-state index contributed by atoms with van der Waals surface area (Å²) in [5.74, 6) is 0.261. The van der Waals surface area contributed by atoms with Crippen LogP contribution in [0.1, 0.15) is 24.6 Å². The van der Waals surface area contributed by atoms with E-state index in [9.17, 15) is 5.11 Å². The Morgan fingerprint density at radius 1 is 1.33 bits per heavy atom. The summed E-state index contributed by atoms with van der Waals surface area (Å²) < 4.78 is 7.18. The molecule has 1 aliphatic heterocycles.